The fraction of sp³-hybridized carbons (Fsp3) is 0.385. The molecule has 1 N–H and O–H groups in total. The smallest absolute Gasteiger partial charge is 0.497 e. The lowest BCUT2D eigenvalue weighted by Gasteiger charge is -2.26. The van der Waals surface area contributed by atoms with Crippen LogP contribution in [0.15, 0.2) is 42.7 Å². The number of carbonyl (C=O) groups excluding carboxylic acids is 2. The van der Waals surface area contributed by atoms with Gasteiger partial charge < -0.3 is 43.0 Å². The average Bonchev–Trinajstić information content (AvgIpc) is 2.83. The fourth-order valence-corrected chi connectivity index (χ4v) is 3.24. The normalized spacial score (nSPS) is 14.2. The third kappa shape index (κ3) is 7.68. The van der Waals surface area contributed by atoms with Crippen LogP contribution in [-0.4, -0.2) is 50.3 Å². The molecule has 0 bridgehead atoms. The molecule has 2 aromatic carbocycles. The van der Waals surface area contributed by atoms with Gasteiger partial charge in [-0.1, -0.05) is 12.1 Å². The molecular formula is C26H30O11. The van der Waals surface area contributed by atoms with E-state index in [4.69, 9.17) is 37.9 Å². The van der Waals surface area contributed by atoms with Crippen molar-refractivity contribution in [1.82, 2.24) is 0 Å². The van der Waals surface area contributed by atoms with E-state index in [9.17, 15) is 14.7 Å². The first kappa shape index (κ1) is 27.5. The van der Waals surface area contributed by atoms with E-state index in [1.807, 2.05) is 0 Å². The van der Waals surface area contributed by atoms with Crippen molar-refractivity contribution < 1.29 is 52.6 Å². The Hall–Kier alpha value is -4.12. The quantitative estimate of drug-likeness (QED) is 0.338. The molecule has 1 unspecified atom stereocenters. The highest BCUT2D eigenvalue weighted by atomic mass is 16.8. The summed E-state index contributed by atoms with van der Waals surface area (Å²) in [5.41, 5.74) is 1.44. The summed E-state index contributed by atoms with van der Waals surface area (Å²) in [7, 11) is 1.56. The van der Waals surface area contributed by atoms with Gasteiger partial charge in [-0.3, -0.25) is 0 Å². The molecule has 0 fully saturated rings. The SMILES string of the molecule is COc1ccc(C2=COc3cc(OCOC(=O)OC(C)C)cc(OCOC(=O)OC(C)C)c3C2O)cc1. The minimum Gasteiger partial charge on any atom is -0.497 e. The van der Waals surface area contributed by atoms with E-state index in [0.29, 0.717) is 16.9 Å². The van der Waals surface area contributed by atoms with Gasteiger partial charge in [0.15, 0.2) is 0 Å². The van der Waals surface area contributed by atoms with Gasteiger partial charge in [-0.05, 0) is 45.4 Å². The van der Waals surface area contributed by atoms with Gasteiger partial charge in [-0.2, -0.15) is 0 Å². The summed E-state index contributed by atoms with van der Waals surface area (Å²) in [6, 6.07) is 10.0. The summed E-state index contributed by atoms with van der Waals surface area (Å²) < 4.78 is 41.7. The Balaban J connectivity index is 1.81. The van der Waals surface area contributed by atoms with Crippen molar-refractivity contribution in [2.45, 2.75) is 46.0 Å². The van der Waals surface area contributed by atoms with Crippen molar-refractivity contribution in [3.63, 3.8) is 0 Å². The highest BCUT2D eigenvalue weighted by Crippen LogP contribution is 2.46. The Bertz CT molecular complexity index is 1110. The Morgan fingerprint density at radius 2 is 1.49 bits per heavy atom. The van der Waals surface area contributed by atoms with Crippen LogP contribution in [0.25, 0.3) is 5.57 Å². The number of methoxy groups -OCH3 is 1. The predicted molar refractivity (Wildman–Crippen MR) is 129 cm³/mol. The minimum absolute atomic E-state index is 0.112. The number of benzene rings is 2. The summed E-state index contributed by atoms with van der Waals surface area (Å²) in [5, 5.41) is 11.2. The van der Waals surface area contributed by atoms with Crippen LogP contribution in [0.2, 0.25) is 0 Å². The standard InChI is InChI=1S/C26H30O11/c1-15(2)36-25(28)34-13-32-19-10-21-23(22(11-19)33-14-35-26(29)37-16(3)4)24(27)20(12-31-21)17-6-8-18(30-5)9-7-17/h6-12,15-16,24,27H,13-14H2,1-5H3. The molecule has 1 aliphatic rings. The third-order valence-corrected chi connectivity index (χ3v) is 4.84. The maximum atomic E-state index is 11.7. The summed E-state index contributed by atoms with van der Waals surface area (Å²) in [5.74, 6) is 1.20. The van der Waals surface area contributed by atoms with E-state index in [-0.39, 0.29) is 35.0 Å². The van der Waals surface area contributed by atoms with Gasteiger partial charge in [0.2, 0.25) is 13.6 Å². The first-order valence-corrected chi connectivity index (χ1v) is 11.5. The molecule has 0 saturated carbocycles. The lowest BCUT2D eigenvalue weighted by Crippen LogP contribution is -2.18. The average molecular weight is 519 g/mol. The maximum absolute atomic E-state index is 11.7. The maximum Gasteiger partial charge on any atom is 0.511 e. The Morgan fingerprint density at radius 3 is 2.05 bits per heavy atom. The molecule has 2 aromatic rings. The fourth-order valence-electron chi connectivity index (χ4n) is 3.24. The van der Waals surface area contributed by atoms with Crippen LogP contribution in [0.3, 0.4) is 0 Å². The van der Waals surface area contributed by atoms with Gasteiger partial charge in [0.25, 0.3) is 0 Å². The van der Waals surface area contributed by atoms with Crippen LogP contribution in [0, 0.1) is 0 Å². The number of aliphatic hydroxyl groups excluding tert-OH is 1. The number of carbonyl (C=O) groups is 2. The van der Waals surface area contributed by atoms with E-state index >= 15 is 0 Å². The highest BCUT2D eigenvalue weighted by Gasteiger charge is 2.29. The molecule has 11 heteroatoms. The molecule has 3 rings (SSSR count). The molecule has 200 valence electrons. The van der Waals surface area contributed by atoms with Gasteiger partial charge in [-0.15, -0.1) is 0 Å². The van der Waals surface area contributed by atoms with E-state index in [1.165, 1.54) is 18.4 Å². The first-order chi connectivity index (χ1) is 17.7. The second-order valence-electron chi connectivity index (χ2n) is 8.30. The summed E-state index contributed by atoms with van der Waals surface area (Å²) in [6.07, 6.45) is -2.26. The zero-order valence-electron chi connectivity index (χ0n) is 21.2. The van der Waals surface area contributed by atoms with Gasteiger partial charge in [-0.25, -0.2) is 9.59 Å². The molecule has 0 amide bonds. The van der Waals surface area contributed by atoms with E-state index in [2.05, 4.69) is 0 Å². The summed E-state index contributed by atoms with van der Waals surface area (Å²) >= 11 is 0. The van der Waals surface area contributed by atoms with Crippen LogP contribution in [0.4, 0.5) is 9.59 Å². The van der Waals surface area contributed by atoms with Crippen LogP contribution in [-0.2, 0) is 18.9 Å². The van der Waals surface area contributed by atoms with E-state index < -0.39 is 32.0 Å². The zero-order valence-corrected chi connectivity index (χ0v) is 21.2. The van der Waals surface area contributed by atoms with Crippen molar-refractivity contribution >= 4 is 17.9 Å². The molecule has 0 radical (unpaired) electrons. The molecule has 37 heavy (non-hydrogen) atoms. The van der Waals surface area contributed by atoms with E-state index in [1.54, 1.807) is 59.1 Å². The van der Waals surface area contributed by atoms with Gasteiger partial charge in [0, 0.05) is 17.7 Å². The second kappa shape index (κ2) is 12.7. The number of aliphatic hydroxyl groups is 1. The molecular weight excluding hydrogens is 488 g/mol. The van der Waals surface area contributed by atoms with Gasteiger partial charge in [0.1, 0.15) is 29.1 Å². The molecule has 1 heterocycles. The number of hydrogen-bond acceptors (Lipinski definition) is 11. The first-order valence-electron chi connectivity index (χ1n) is 11.5. The molecule has 0 aromatic heterocycles. The number of rotatable bonds is 10. The van der Waals surface area contributed by atoms with E-state index in [0.717, 1.165) is 0 Å². The Labute approximate surface area is 214 Å². The van der Waals surface area contributed by atoms with Crippen molar-refractivity contribution in [2.24, 2.45) is 0 Å². The van der Waals surface area contributed by atoms with Crippen molar-refractivity contribution in [3.8, 4) is 23.0 Å². The Kier molecular flexibility index (Phi) is 9.45. The number of fused-ring (bicyclic) bond motifs is 1. The second-order valence-corrected chi connectivity index (χ2v) is 8.30. The summed E-state index contributed by atoms with van der Waals surface area (Å²) in [6.45, 7) is 5.77. The van der Waals surface area contributed by atoms with Crippen molar-refractivity contribution in [1.29, 1.82) is 0 Å². The molecule has 1 aliphatic heterocycles. The zero-order chi connectivity index (χ0) is 26.9. The molecule has 0 spiro atoms. The monoisotopic (exact) mass is 518 g/mol. The predicted octanol–water partition coefficient (Wildman–Crippen LogP) is 4.96. The summed E-state index contributed by atoms with van der Waals surface area (Å²) in [4.78, 5) is 23.3. The molecule has 11 nitrogen and oxygen atoms in total. The minimum atomic E-state index is -1.15. The lowest BCUT2D eigenvalue weighted by molar-refractivity contribution is -0.00974. The van der Waals surface area contributed by atoms with Crippen LogP contribution in [0.5, 0.6) is 23.0 Å². The molecule has 0 saturated heterocycles. The number of hydrogen-bond donors (Lipinski definition) is 1. The van der Waals surface area contributed by atoms with Crippen molar-refractivity contribution in [3.05, 3.63) is 53.8 Å². The largest absolute Gasteiger partial charge is 0.511 e. The highest BCUT2D eigenvalue weighted by molar-refractivity contribution is 5.75. The third-order valence-electron chi connectivity index (χ3n) is 4.84. The van der Waals surface area contributed by atoms with Crippen LogP contribution in [0.1, 0.15) is 44.9 Å². The molecule has 0 aliphatic carbocycles. The van der Waals surface area contributed by atoms with Crippen LogP contribution < -0.4 is 18.9 Å². The van der Waals surface area contributed by atoms with Crippen LogP contribution >= 0.6 is 0 Å². The topological polar surface area (TPSA) is 128 Å². The van der Waals surface area contributed by atoms with Gasteiger partial charge in [0.05, 0.1) is 31.1 Å². The Morgan fingerprint density at radius 1 is 0.892 bits per heavy atom. The molecule has 1 atom stereocenters. The van der Waals surface area contributed by atoms with Crippen molar-refractivity contribution in [2.75, 3.05) is 20.7 Å². The van der Waals surface area contributed by atoms with Gasteiger partial charge >= 0.3 is 12.3 Å². The number of ether oxygens (including phenoxy) is 8. The lowest BCUT2D eigenvalue weighted by atomic mass is 9.93.